The number of hydrogen-bond donors (Lipinski definition) is 1. The Labute approximate surface area is 186 Å². The molecule has 1 aromatic carbocycles. The van der Waals surface area contributed by atoms with E-state index in [2.05, 4.69) is 32.3 Å². The number of carbonyl (C=O) groups excluding carboxylic acids is 1. The van der Waals surface area contributed by atoms with Gasteiger partial charge in [0, 0.05) is 20.6 Å². The molecule has 0 bridgehead atoms. The standard InChI is InChI=1S/C21H28BrNO4S2/c1-3-4-5-8-19(23-29(25,26)18-13-10-16(22)11-14-18)20-15-12-17(28-20)7-6-9-21(24)27-2/h10-15,19,23H,3-9H2,1-2H3. The molecule has 2 aromatic rings. The Morgan fingerprint density at radius 2 is 1.86 bits per heavy atom. The number of thiophene rings is 1. The Bertz CT molecular complexity index is 878. The van der Waals surface area contributed by atoms with Gasteiger partial charge in [-0.1, -0.05) is 42.1 Å². The van der Waals surface area contributed by atoms with Crippen LogP contribution in [0.15, 0.2) is 45.8 Å². The number of methoxy groups -OCH3 is 1. The van der Waals surface area contributed by atoms with E-state index in [9.17, 15) is 13.2 Å². The summed E-state index contributed by atoms with van der Waals surface area (Å²) in [5.74, 6) is -0.207. The van der Waals surface area contributed by atoms with Crippen LogP contribution in [-0.2, 0) is 26.0 Å². The van der Waals surface area contributed by atoms with E-state index >= 15 is 0 Å². The molecule has 0 amide bonds. The minimum Gasteiger partial charge on any atom is -0.469 e. The summed E-state index contributed by atoms with van der Waals surface area (Å²) in [5, 5.41) is 0. The smallest absolute Gasteiger partial charge is 0.305 e. The number of aryl methyl sites for hydroxylation is 1. The zero-order chi connectivity index (χ0) is 21.3. The van der Waals surface area contributed by atoms with Crippen molar-refractivity contribution in [2.45, 2.75) is 62.8 Å². The third-order valence-corrected chi connectivity index (χ3v) is 7.85. The molecule has 0 aliphatic heterocycles. The molecule has 0 saturated heterocycles. The summed E-state index contributed by atoms with van der Waals surface area (Å²) >= 11 is 4.95. The molecule has 1 heterocycles. The first-order chi connectivity index (χ1) is 13.9. The minimum atomic E-state index is -3.61. The molecule has 1 aromatic heterocycles. The summed E-state index contributed by atoms with van der Waals surface area (Å²) in [6.45, 7) is 2.13. The molecular formula is C21H28BrNO4S2. The molecule has 0 fully saturated rings. The summed E-state index contributed by atoms with van der Waals surface area (Å²) in [6, 6.07) is 10.4. The highest BCUT2D eigenvalue weighted by molar-refractivity contribution is 9.10. The molecule has 160 valence electrons. The fraction of sp³-hybridized carbons (Fsp3) is 0.476. The van der Waals surface area contributed by atoms with E-state index < -0.39 is 10.0 Å². The number of sulfonamides is 1. The van der Waals surface area contributed by atoms with Gasteiger partial charge < -0.3 is 4.74 Å². The largest absolute Gasteiger partial charge is 0.469 e. The monoisotopic (exact) mass is 501 g/mol. The molecular weight excluding hydrogens is 474 g/mol. The maximum absolute atomic E-state index is 12.9. The van der Waals surface area contributed by atoms with E-state index in [0.29, 0.717) is 6.42 Å². The lowest BCUT2D eigenvalue weighted by atomic mass is 10.1. The number of rotatable bonds is 12. The second-order valence-corrected chi connectivity index (χ2v) is 10.7. The highest BCUT2D eigenvalue weighted by Crippen LogP contribution is 2.30. The molecule has 1 unspecified atom stereocenters. The van der Waals surface area contributed by atoms with Crippen LogP contribution in [0, 0.1) is 0 Å². The number of esters is 1. The lowest BCUT2D eigenvalue weighted by Gasteiger charge is -2.18. The van der Waals surface area contributed by atoms with E-state index in [0.717, 1.165) is 52.8 Å². The average Bonchev–Trinajstić information content (AvgIpc) is 3.16. The van der Waals surface area contributed by atoms with Gasteiger partial charge in [-0.3, -0.25) is 4.79 Å². The lowest BCUT2D eigenvalue weighted by Crippen LogP contribution is -2.28. The Morgan fingerprint density at radius 1 is 1.14 bits per heavy atom. The summed E-state index contributed by atoms with van der Waals surface area (Å²) in [5.41, 5.74) is 0. The van der Waals surface area contributed by atoms with Crippen LogP contribution in [-0.4, -0.2) is 21.5 Å². The predicted octanol–water partition coefficient (Wildman–Crippen LogP) is 5.61. The fourth-order valence-corrected chi connectivity index (χ4v) is 5.68. The van der Waals surface area contributed by atoms with Gasteiger partial charge >= 0.3 is 5.97 Å². The molecule has 0 spiro atoms. The molecule has 1 atom stereocenters. The minimum absolute atomic E-state index is 0.207. The van der Waals surface area contributed by atoms with Crippen molar-refractivity contribution < 1.29 is 17.9 Å². The zero-order valence-corrected chi connectivity index (χ0v) is 20.0. The highest BCUT2D eigenvalue weighted by Gasteiger charge is 2.22. The Morgan fingerprint density at radius 3 is 2.52 bits per heavy atom. The van der Waals surface area contributed by atoms with E-state index in [1.165, 1.54) is 7.11 Å². The number of hydrogen-bond acceptors (Lipinski definition) is 5. The first kappa shape index (κ1) is 24.1. The van der Waals surface area contributed by atoms with Crippen LogP contribution in [0.5, 0.6) is 0 Å². The van der Waals surface area contributed by atoms with Gasteiger partial charge in [0.05, 0.1) is 18.0 Å². The SMILES string of the molecule is CCCCCC(NS(=O)(=O)c1ccc(Br)cc1)c1ccc(CCCC(=O)OC)s1. The van der Waals surface area contributed by atoms with Crippen molar-refractivity contribution in [3.8, 4) is 0 Å². The van der Waals surface area contributed by atoms with Crippen LogP contribution in [0.25, 0.3) is 0 Å². The molecule has 2 rings (SSSR count). The maximum atomic E-state index is 12.9. The van der Waals surface area contributed by atoms with Crippen molar-refractivity contribution >= 4 is 43.3 Å². The van der Waals surface area contributed by atoms with Crippen LogP contribution in [0.4, 0.5) is 0 Å². The first-order valence-corrected chi connectivity index (χ1v) is 12.9. The van der Waals surface area contributed by atoms with Crippen LogP contribution >= 0.6 is 27.3 Å². The maximum Gasteiger partial charge on any atom is 0.305 e. The quantitative estimate of drug-likeness (QED) is 0.303. The number of ether oxygens (including phenoxy) is 1. The van der Waals surface area contributed by atoms with Crippen LogP contribution in [0.2, 0.25) is 0 Å². The number of unbranched alkanes of at least 4 members (excludes halogenated alkanes) is 2. The Kier molecular flexibility index (Phi) is 9.82. The van der Waals surface area contributed by atoms with Crippen molar-refractivity contribution in [2.24, 2.45) is 0 Å². The fourth-order valence-electron chi connectivity index (χ4n) is 2.95. The first-order valence-electron chi connectivity index (χ1n) is 9.79. The van der Waals surface area contributed by atoms with Crippen LogP contribution in [0.3, 0.4) is 0 Å². The highest BCUT2D eigenvalue weighted by atomic mass is 79.9. The summed E-state index contributed by atoms with van der Waals surface area (Å²) < 4.78 is 34.2. The third kappa shape index (κ3) is 7.85. The number of benzene rings is 1. The number of nitrogens with one attached hydrogen (secondary N) is 1. The van der Waals surface area contributed by atoms with E-state index in [4.69, 9.17) is 0 Å². The molecule has 5 nitrogen and oxygen atoms in total. The van der Waals surface area contributed by atoms with Crippen LogP contribution in [0.1, 0.15) is 61.2 Å². The van der Waals surface area contributed by atoms with Crippen LogP contribution < -0.4 is 4.72 Å². The van der Waals surface area contributed by atoms with Gasteiger partial charge in [0.2, 0.25) is 10.0 Å². The van der Waals surface area contributed by atoms with E-state index in [1.807, 2.05) is 12.1 Å². The van der Waals surface area contributed by atoms with Crippen molar-refractivity contribution in [1.29, 1.82) is 0 Å². The Hall–Kier alpha value is -1.22. The number of carbonyl (C=O) groups is 1. The molecule has 8 heteroatoms. The molecule has 29 heavy (non-hydrogen) atoms. The molecule has 1 N–H and O–H groups in total. The molecule has 0 radical (unpaired) electrons. The van der Waals surface area contributed by atoms with Gasteiger partial charge in [0.25, 0.3) is 0 Å². The topological polar surface area (TPSA) is 72.5 Å². The average molecular weight is 502 g/mol. The second-order valence-electron chi connectivity index (χ2n) is 6.86. The second kappa shape index (κ2) is 11.8. The van der Waals surface area contributed by atoms with Gasteiger partial charge in [0.1, 0.15) is 0 Å². The normalized spacial score (nSPS) is 12.7. The Balaban J connectivity index is 2.11. The summed E-state index contributed by atoms with van der Waals surface area (Å²) in [4.78, 5) is 13.7. The van der Waals surface area contributed by atoms with E-state index in [-0.39, 0.29) is 16.9 Å². The van der Waals surface area contributed by atoms with Gasteiger partial charge in [-0.15, -0.1) is 11.3 Å². The summed E-state index contributed by atoms with van der Waals surface area (Å²) in [7, 11) is -2.22. The van der Waals surface area contributed by atoms with Crippen molar-refractivity contribution in [3.63, 3.8) is 0 Å². The lowest BCUT2D eigenvalue weighted by molar-refractivity contribution is -0.140. The van der Waals surface area contributed by atoms with Gasteiger partial charge in [-0.05, 0) is 55.7 Å². The predicted molar refractivity (Wildman–Crippen MR) is 121 cm³/mol. The molecule has 0 aliphatic carbocycles. The van der Waals surface area contributed by atoms with Gasteiger partial charge in [-0.25, -0.2) is 13.1 Å². The third-order valence-electron chi connectivity index (χ3n) is 4.58. The zero-order valence-electron chi connectivity index (χ0n) is 16.8. The van der Waals surface area contributed by atoms with E-state index in [1.54, 1.807) is 35.6 Å². The van der Waals surface area contributed by atoms with Gasteiger partial charge in [-0.2, -0.15) is 0 Å². The molecule has 0 saturated carbocycles. The van der Waals surface area contributed by atoms with Crippen molar-refractivity contribution in [3.05, 3.63) is 50.6 Å². The number of halogens is 1. The molecule has 0 aliphatic rings. The van der Waals surface area contributed by atoms with Crippen molar-refractivity contribution in [1.82, 2.24) is 4.72 Å². The van der Waals surface area contributed by atoms with Crippen molar-refractivity contribution in [2.75, 3.05) is 7.11 Å². The summed E-state index contributed by atoms with van der Waals surface area (Å²) in [6.07, 6.45) is 5.74. The van der Waals surface area contributed by atoms with Gasteiger partial charge in [0.15, 0.2) is 0 Å².